The van der Waals surface area contributed by atoms with Gasteiger partial charge in [0.1, 0.15) is 24.0 Å². The first kappa shape index (κ1) is 20.0. The second kappa shape index (κ2) is 8.29. The van der Waals surface area contributed by atoms with Gasteiger partial charge in [-0.25, -0.2) is 4.39 Å². The lowest BCUT2D eigenvalue weighted by atomic mass is 10.0. The molecular weight excluding hydrogens is 461 g/mol. The van der Waals surface area contributed by atoms with E-state index in [1.54, 1.807) is 24.3 Å². The molecule has 0 N–H and O–H groups in total. The topological polar surface area (TPSA) is 38.8 Å². The zero-order chi connectivity index (χ0) is 21.4. The van der Waals surface area contributed by atoms with Gasteiger partial charge in [0.2, 0.25) is 5.78 Å². The van der Waals surface area contributed by atoms with Crippen molar-refractivity contribution >= 4 is 27.8 Å². The number of carbonyl (C=O) groups excluding carboxylic acids is 1. The number of hydrogen-bond donors (Lipinski definition) is 0. The highest BCUT2D eigenvalue weighted by Crippen LogP contribution is 2.42. The predicted molar refractivity (Wildman–Crippen MR) is 120 cm³/mol. The normalized spacial score (nSPS) is 16.6. The minimum atomic E-state index is -0.234. The maximum absolute atomic E-state index is 13.1. The molecule has 2 heterocycles. The van der Waals surface area contributed by atoms with Gasteiger partial charge < -0.3 is 9.47 Å². The second-order valence-corrected chi connectivity index (χ2v) is 8.44. The smallest absolute Gasteiger partial charge is 0.231 e. The zero-order valence-corrected chi connectivity index (χ0v) is 18.2. The number of fused-ring (bicyclic) bond motifs is 3. The monoisotopic (exact) mass is 479 g/mol. The minimum absolute atomic E-state index is 0.128. The average molecular weight is 480 g/mol. The van der Waals surface area contributed by atoms with Crippen LogP contribution in [0.3, 0.4) is 0 Å². The highest BCUT2D eigenvalue weighted by molar-refractivity contribution is 9.10. The Labute approximate surface area is 188 Å². The molecule has 0 bridgehead atoms. The van der Waals surface area contributed by atoms with Gasteiger partial charge in [-0.15, -0.1) is 0 Å². The van der Waals surface area contributed by atoms with Crippen molar-refractivity contribution in [1.82, 2.24) is 4.90 Å². The summed E-state index contributed by atoms with van der Waals surface area (Å²) in [4.78, 5) is 15.1. The van der Waals surface area contributed by atoms with Crippen molar-refractivity contribution in [3.05, 3.63) is 99.0 Å². The molecule has 3 aromatic rings. The number of rotatable bonds is 4. The van der Waals surface area contributed by atoms with Crippen LogP contribution in [0.2, 0.25) is 0 Å². The average Bonchev–Trinajstić information content (AvgIpc) is 3.10. The van der Waals surface area contributed by atoms with Gasteiger partial charge in [-0.05, 0) is 54.0 Å². The van der Waals surface area contributed by atoms with E-state index in [1.807, 2.05) is 30.3 Å². The van der Waals surface area contributed by atoms with Crippen molar-refractivity contribution in [2.45, 2.75) is 13.0 Å². The third-order valence-corrected chi connectivity index (χ3v) is 6.23. The standard InChI is InChI=1S/C25H19BrFNO3/c26-21-4-2-1-3-17(21)13-23-24(29)19-9-10-22-20(25(19)31-23)14-28(15-30-22)12-11-16-5-7-18(27)8-6-16/h1-10,13H,11-12,14-15H2/b23-13-. The summed E-state index contributed by atoms with van der Waals surface area (Å²) in [7, 11) is 0. The van der Waals surface area contributed by atoms with Crippen molar-refractivity contribution in [1.29, 1.82) is 0 Å². The van der Waals surface area contributed by atoms with E-state index in [-0.39, 0.29) is 11.6 Å². The third-order valence-electron chi connectivity index (χ3n) is 5.50. The molecule has 4 nitrogen and oxygen atoms in total. The van der Waals surface area contributed by atoms with E-state index in [0.717, 1.165) is 39.9 Å². The van der Waals surface area contributed by atoms with Gasteiger partial charge in [0.15, 0.2) is 5.76 Å². The van der Waals surface area contributed by atoms with Crippen molar-refractivity contribution in [2.75, 3.05) is 13.3 Å². The van der Waals surface area contributed by atoms with Crippen LogP contribution < -0.4 is 9.47 Å². The summed E-state index contributed by atoms with van der Waals surface area (Å²) in [5.41, 5.74) is 3.38. The van der Waals surface area contributed by atoms with Crippen LogP contribution in [0.1, 0.15) is 27.0 Å². The Morgan fingerprint density at radius 3 is 2.68 bits per heavy atom. The first-order valence-corrected chi connectivity index (χ1v) is 10.8. The molecule has 2 aliphatic heterocycles. The Hall–Kier alpha value is -2.96. The summed E-state index contributed by atoms with van der Waals surface area (Å²) in [6.45, 7) is 1.83. The Morgan fingerprint density at radius 1 is 1.06 bits per heavy atom. The van der Waals surface area contributed by atoms with Crippen LogP contribution in [-0.2, 0) is 13.0 Å². The Balaban J connectivity index is 1.36. The number of ether oxygens (including phenoxy) is 2. The molecule has 3 aromatic carbocycles. The van der Waals surface area contributed by atoms with Gasteiger partial charge in [-0.2, -0.15) is 0 Å². The van der Waals surface area contributed by atoms with E-state index < -0.39 is 0 Å². The van der Waals surface area contributed by atoms with Crippen LogP contribution in [0, 0.1) is 5.82 Å². The number of allylic oxidation sites excluding steroid dienone is 1. The number of nitrogens with zero attached hydrogens (tertiary/aromatic N) is 1. The predicted octanol–water partition coefficient (Wildman–Crippen LogP) is 5.60. The van der Waals surface area contributed by atoms with E-state index in [4.69, 9.17) is 9.47 Å². The summed E-state index contributed by atoms with van der Waals surface area (Å²) >= 11 is 3.51. The fraction of sp³-hybridized carbons (Fsp3) is 0.160. The van der Waals surface area contributed by atoms with Crippen LogP contribution in [-0.4, -0.2) is 24.0 Å². The lowest BCUT2D eigenvalue weighted by molar-refractivity contribution is 0.0949. The molecule has 0 aromatic heterocycles. The largest absolute Gasteiger partial charge is 0.478 e. The number of ketones is 1. The first-order valence-electron chi connectivity index (χ1n) is 10.0. The second-order valence-electron chi connectivity index (χ2n) is 7.58. The zero-order valence-electron chi connectivity index (χ0n) is 16.6. The summed E-state index contributed by atoms with van der Waals surface area (Å²) in [5.74, 6) is 1.26. The van der Waals surface area contributed by atoms with Gasteiger partial charge in [0.25, 0.3) is 0 Å². The molecule has 0 spiro atoms. The summed E-state index contributed by atoms with van der Waals surface area (Å²) < 4.78 is 26.0. The van der Waals surface area contributed by atoms with E-state index in [2.05, 4.69) is 20.8 Å². The Morgan fingerprint density at radius 2 is 1.87 bits per heavy atom. The molecule has 31 heavy (non-hydrogen) atoms. The van der Waals surface area contributed by atoms with Crippen molar-refractivity contribution in [3.8, 4) is 11.5 Å². The van der Waals surface area contributed by atoms with Gasteiger partial charge in [-0.1, -0.05) is 46.3 Å². The first-order chi connectivity index (χ1) is 15.1. The number of benzene rings is 3. The number of halogens is 2. The van der Waals surface area contributed by atoms with Crippen LogP contribution in [0.5, 0.6) is 11.5 Å². The van der Waals surface area contributed by atoms with Crippen molar-refractivity contribution < 1.29 is 18.7 Å². The van der Waals surface area contributed by atoms with Crippen LogP contribution in [0.4, 0.5) is 4.39 Å². The lowest BCUT2D eigenvalue weighted by Gasteiger charge is -2.29. The molecular formula is C25H19BrFNO3. The molecule has 2 aliphatic rings. The Bertz CT molecular complexity index is 1190. The van der Waals surface area contributed by atoms with Gasteiger partial charge in [-0.3, -0.25) is 9.69 Å². The molecule has 0 amide bonds. The van der Waals surface area contributed by atoms with Crippen LogP contribution in [0.15, 0.2) is 70.9 Å². The molecule has 156 valence electrons. The maximum atomic E-state index is 13.1. The molecule has 0 fully saturated rings. The Kier molecular flexibility index (Phi) is 5.34. The minimum Gasteiger partial charge on any atom is -0.478 e. The number of hydrogen-bond acceptors (Lipinski definition) is 4. The lowest BCUT2D eigenvalue weighted by Crippen LogP contribution is -2.33. The summed E-state index contributed by atoms with van der Waals surface area (Å²) in [6.07, 6.45) is 2.54. The molecule has 5 rings (SSSR count). The molecule has 6 heteroatoms. The molecule has 0 atom stereocenters. The fourth-order valence-corrected chi connectivity index (χ4v) is 4.22. The fourth-order valence-electron chi connectivity index (χ4n) is 3.82. The number of carbonyl (C=O) groups is 1. The summed E-state index contributed by atoms with van der Waals surface area (Å²) in [5, 5.41) is 0. The third kappa shape index (κ3) is 4.01. The maximum Gasteiger partial charge on any atom is 0.231 e. The van der Waals surface area contributed by atoms with E-state index in [0.29, 0.717) is 30.3 Å². The van der Waals surface area contributed by atoms with E-state index >= 15 is 0 Å². The number of Topliss-reactive ketones (excluding diaryl/α,β-unsaturated/α-hetero) is 1. The van der Waals surface area contributed by atoms with Crippen molar-refractivity contribution in [2.24, 2.45) is 0 Å². The van der Waals surface area contributed by atoms with Gasteiger partial charge >= 0.3 is 0 Å². The molecule has 0 saturated carbocycles. The highest BCUT2D eigenvalue weighted by atomic mass is 79.9. The van der Waals surface area contributed by atoms with Crippen LogP contribution in [0.25, 0.3) is 6.08 Å². The molecule has 0 saturated heterocycles. The van der Waals surface area contributed by atoms with Crippen molar-refractivity contribution in [3.63, 3.8) is 0 Å². The van der Waals surface area contributed by atoms with Gasteiger partial charge in [0.05, 0.1) is 11.1 Å². The van der Waals surface area contributed by atoms with E-state index in [9.17, 15) is 9.18 Å². The van der Waals surface area contributed by atoms with Gasteiger partial charge in [0, 0.05) is 17.6 Å². The van der Waals surface area contributed by atoms with Crippen LogP contribution >= 0.6 is 15.9 Å². The SMILES string of the molecule is O=C1/C(=C/c2ccccc2Br)Oc2c1ccc1c2CN(CCc2ccc(F)cc2)CO1. The van der Waals surface area contributed by atoms with E-state index in [1.165, 1.54) is 12.1 Å². The molecule has 0 radical (unpaired) electrons. The molecule has 0 unspecified atom stereocenters. The molecule has 0 aliphatic carbocycles. The quantitative estimate of drug-likeness (QED) is 0.456. The summed E-state index contributed by atoms with van der Waals surface area (Å²) in [6, 6.07) is 17.8. The highest BCUT2D eigenvalue weighted by Gasteiger charge is 2.33.